The monoisotopic (exact) mass is 277 g/mol. The standard InChI is InChI=1S/C18H19N3/c1-2-16(19)18-20-12-17(21-18)15-10-8-14(9-11-15)13-6-4-3-5-7-13/h3-12,16H,2,19H2,1H3,(H,20,21). The molecule has 106 valence electrons. The number of H-pyrrole nitrogens is 1. The van der Waals surface area contributed by atoms with E-state index in [1.54, 1.807) is 0 Å². The van der Waals surface area contributed by atoms with Crippen LogP contribution in [-0.4, -0.2) is 9.97 Å². The average Bonchev–Trinajstić information content (AvgIpc) is 3.05. The van der Waals surface area contributed by atoms with Crippen LogP contribution in [0, 0.1) is 0 Å². The fourth-order valence-corrected chi connectivity index (χ4v) is 2.34. The summed E-state index contributed by atoms with van der Waals surface area (Å²) in [5, 5.41) is 0. The van der Waals surface area contributed by atoms with Crippen LogP contribution in [0.2, 0.25) is 0 Å². The van der Waals surface area contributed by atoms with E-state index in [2.05, 4.69) is 65.4 Å². The number of hydrogen-bond acceptors (Lipinski definition) is 2. The van der Waals surface area contributed by atoms with E-state index in [0.717, 1.165) is 23.5 Å². The van der Waals surface area contributed by atoms with Crippen LogP contribution in [0.25, 0.3) is 22.4 Å². The number of nitrogens with one attached hydrogen (secondary N) is 1. The number of aromatic nitrogens is 2. The molecule has 3 aromatic rings. The number of rotatable bonds is 4. The number of imidazole rings is 1. The molecule has 0 aliphatic carbocycles. The van der Waals surface area contributed by atoms with Gasteiger partial charge in [-0.2, -0.15) is 0 Å². The van der Waals surface area contributed by atoms with Gasteiger partial charge in [0, 0.05) is 0 Å². The van der Waals surface area contributed by atoms with Crippen LogP contribution in [0.5, 0.6) is 0 Å². The van der Waals surface area contributed by atoms with Gasteiger partial charge in [0.1, 0.15) is 5.82 Å². The highest BCUT2D eigenvalue weighted by atomic mass is 15.0. The summed E-state index contributed by atoms with van der Waals surface area (Å²) in [6.45, 7) is 2.06. The molecule has 0 saturated carbocycles. The summed E-state index contributed by atoms with van der Waals surface area (Å²) < 4.78 is 0. The van der Waals surface area contributed by atoms with Gasteiger partial charge in [0.15, 0.2) is 0 Å². The Morgan fingerprint density at radius 2 is 1.57 bits per heavy atom. The van der Waals surface area contributed by atoms with Crippen molar-refractivity contribution < 1.29 is 0 Å². The van der Waals surface area contributed by atoms with Gasteiger partial charge in [0.05, 0.1) is 17.9 Å². The summed E-state index contributed by atoms with van der Waals surface area (Å²) >= 11 is 0. The van der Waals surface area contributed by atoms with Crippen molar-refractivity contribution in [3.8, 4) is 22.4 Å². The third-order valence-electron chi connectivity index (χ3n) is 3.69. The van der Waals surface area contributed by atoms with Crippen LogP contribution in [-0.2, 0) is 0 Å². The lowest BCUT2D eigenvalue weighted by atomic mass is 10.0. The average molecular weight is 277 g/mol. The Morgan fingerprint density at radius 3 is 2.24 bits per heavy atom. The Labute approximate surface area is 124 Å². The second-order valence-corrected chi connectivity index (χ2v) is 5.14. The smallest absolute Gasteiger partial charge is 0.123 e. The van der Waals surface area contributed by atoms with Crippen molar-refractivity contribution in [1.82, 2.24) is 9.97 Å². The van der Waals surface area contributed by atoms with E-state index in [4.69, 9.17) is 5.73 Å². The van der Waals surface area contributed by atoms with Gasteiger partial charge in [-0.25, -0.2) is 4.98 Å². The maximum atomic E-state index is 5.99. The van der Waals surface area contributed by atoms with Gasteiger partial charge < -0.3 is 10.7 Å². The Morgan fingerprint density at radius 1 is 0.952 bits per heavy atom. The van der Waals surface area contributed by atoms with E-state index < -0.39 is 0 Å². The minimum absolute atomic E-state index is 0.0256. The second kappa shape index (κ2) is 5.94. The molecule has 0 fully saturated rings. The van der Waals surface area contributed by atoms with Gasteiger partial charge in [-0.15, -0.1) is 0 Å². The molecule has 3 rings (SSSR count). The Bertz CT molecular complexity index is 699. The largest absolute Gasteiger partial charge is 0.341 e. The highest BCUT2D eigenvalue weighted by Crippen LogP contribution is 2.24. The number of hydrogen-bond donors (Lipinski definition) is 2. The molecular weight excluding hydrogens is 258 g/mol. The summed E-state index contributed by atoms with van der Waals surface area (Å²) in [6.07, 6.45) is 2.72. The molecule has 0 aliphatic heterocycles. The molecule has 21 heavy (non-hydrogen) atoms. The Balaban J connectivity index is 1.86. The van der Waals surface area contributed by atoms with Gasteiger partial charge in [-0.1, -0.05) is 61.5 Å². The third kappa shape index (κ3) is 2.88. The number of nitrogens with zero attached hydrogens (tertiary/aromatic N) is 1. The van der Waals surface area contributed by atoms with Crippen molar-refractivity contribution >= 4 is 0 Å². The van der Waals surface area contributed by atoms with E-state index in [1.807, 2.05) is 12.3 Å². The number of benzene rings is 2. The van der Waals surface area contributed by atoms with Crippen molar-refractivity contribution in [1.29, 1.82) is 0 Å². The molecule has 0 aliphatic rings. The summed E-state index contributed by atoms with van der Waals surface area (Å²) in [5.41, 5.74) is 10.6. The van der Waals surface area contributed by atoms with E-state index in [1.165, 1.54) is 11.1 Å². The molecule has 1 aromatic heterocycles. The summed E-state index contributed by atoms with van der Waals surface area (Å²) in [7, 11) is 0. The van der Waals surface area contributed by atoms with Gasteiger partial charge in [-0.3, -0.25) is 0 Å². The molecule has 0 amide bonds. The molecule has 1 unspecified atom stereocenters. The molecule has 1 atom stereocenters. The lowest BCUT2D eigenvalue weighted by Crippen LogP contribution is -2.10. The lowest BCUT2D eigenvalue weighted by molar-refractivity contribution is 0.658. The van der Waals surface area contributed by atoms with Gasteiger partial charge in [0.25, 0.3) is 0 Å². The van der Waals surface area contributed by atoms with Crippen molar-refractivity contribution in [2.75, 3.05) is 0 Å². The first kappa shape index (κ1) is 13.6. The van der Waals surface area contributed by atoms with Crippen molar-refractivity contribution in [3.05, 3.63) is 66.6 Å². The van der Waals surface area contributed by atoms with Gasteiger partial charge in [-0.05, 0) is 23.1 Å². The zero-order valence-electron chi connectivity index (χ0n) is 12.1. The predicted molar refractivity (Wildman–Crippen MR) is 86.7 cm³/mol. The second-order valence-electron chi connectivity index (χ2n) is 5.14. The Kier molecular flexibility index (Phi) is 3.84. The van der Waals surface area contributed by atoms with Crippen LogP contribution in [0.15, 0.2) is 60.8 Å². The fourth-order valence-electron chi connectivity index (χ4n) is 2.34. The summed E-state index contributed by atoms with van der Waals surface area (Å²) in [5.74, 6) is 0.847. The van der Waals surface area contributed by atoms with Crippen LogP contribution in [0.3, 0.4) is 0 Å². The molecular formula is C18H19N3. The van der Waals surface area contributed by atoms with Gasteiger partial charge in [0.2, 0.25) is 0 Å². The van der Waals surface area contributed by atoms with Crippen molar-refractivity contribution in [3.63, 3.8) is 0 Å². The first-order valence-corrected chi connectivity index (χ1v) is 7.24. The van der Waals surface area contributed by atoms with Crippen molar-refractivity contribution in [2.45, 2.75) is 19.4 Å². The topological polar surface area (TPSA) is 54.7 Å². The molecule has 3 heteroatoms. The molecule has 0 saturated heterocycles. The molecule has 2 aromatic carbocycles. The normalized spacial score (nSPS) is 12.3. The predicted octanol–water partition coefficient (Wildman–Crippen LogP) is 4.15. The maximum absolute atomic E-state index is 5.99. The molecule has 1 heterocycles. The highest BCUT2D eigenvalue weighted by molar-refractivity contribution is 5.68. The van der Waals surface area contributed by atoms with Crippen LogP contribution in [0.4, 0.5) is 0 Å². The van der Waals surface area contributed by atoms with Gasteiger partial charge >= 0.3 is 0 Å². The number of nitrogens with two attached hydrogens (primary N) is 1. The molecule has 3 nitrogen and oxygen atoms in total. The zero-order valence-corrected chi connectivity index (χ0v) is 12.1. The van der Waals surface area contributed by atoms with E-state index >= 15 is 0 Å². The molecule has 0 spiro atoms. The fraction of sp³-hybridized carbons (Fsp3) is 0.167. The first-order chi connectivity index (χ1) is 10.3. The quantitative estimate of drug-likeness (QED) is 0.752. The Hall–Kier alpha value is -2.39. The third-order valence-corrected chi connectivity index (χ3v) is 3.69. The highest BCUT2D eigenvalue weighted by Gasteiger charge is 2.09. The summed E-state index contributed by atoms with van der Waals surface area (Å²) in [4.78, 5) is 7.67. The van der Waals surface area contributed by atoms with E-state index in [0.29, 0.717) is 0 Å². The zero-order chi connectivity index (χ0) is 14.7. The SMILES string of the molecule is CCC(N)c1ncc(-c2ccc(-c3ccccc3)cc2)[nH]1. The van der Waals surface area contributed by atoms with Crippen LogP contribution < -0.4 is 5.73 Å². The minimum Gasteiger partial charge on any atom is -0.341 e. The summed E-state index contributed by atoms with van der Waals surface area (Å²) in [6, 6.07) is 18.8. The molecule has 0 radical (unpaired) electrons. The minimum atomic E-state index is -0.0256. The lowest BCUT2D eigenvalue weighted by Gasteiger charge is -2.05. The van der Waals surface area contributed by atoms with Crippen LogP contribution in [0.1, 0.15) is 25.2 Å². The molecule has 0 bridgehead atoms. The van der Waals surface area contributed by atoms with E-state index in [-0.39, 0.29) is 6.04 Å². The number of aromatic amines is 1. The van der Waals surface area contributed by atoms with Crippen LogP contribution >= 0.6 is 0 Å². The van der Waals surface area contributed by atoms with E-state index in [9.17, 15) is 0 Å². The molecule has 3 N–H and O–H groups in total. The maximum Gasteiger partial charge on any atom is 0.123 e. The first-order valence-electron chi connectivity index (χ1n) is 7.24. The van der Waals surface area contributed by atoms with Crippen molar-refractivity contribution in [2.24, 2.45) is 5.73 Å².